The number of halogens is 1. The van der Waals surface area contributed by atoms with E-state index >= 15 is 0 Å². The van der Waals surface area contributed by atoms with Crippen molar-refractivity contribution in [2.24, 2.45) is 0 Å². The summed E-state index contributed by atoms with van der Waals surface area (Å²) in [4.78, 5) is 9.69. The fourth-order valence-corrected chi connectivity index (χ4v) is 1.70. The minimum atomic E-state index is -4.34. The van der Waals surface area contributed by atoms with Crippen molar-refractivity contribution < 1.29 is 27.6 Å². The van der Waals surface area contributed by atoms with Gasteiger partial charge in [-0.3, -0.25) is 4.55 Å². The maximum absolute atomic E-state index is 10.7. The van der Waals surface area contributed by atoms with E-state index in [1.165, 1.54) is 0 Å². The van der Waals surface area contributed by atoms with E-state index in [9.17, 15) is 18.3 Å². The predicted molar refractivity (Wildman–Crippen MR) is 51.8 cm³/mol. The molecular formula is C8H6ClO6S-. The number of carbonyl (C=O) groups excluding carboxylic acids is 1. The van der Waals surface area contributed by atoms with Gasteiger partial charge < -0.3 is 14.6 Å². The van der Waals surface area contributed by atoms with Crippen molar-refractivity contribution in [2.75, 3.05) is 6.61 Å². The first-order chi connectivity index (χ1) is 7.30. The fraction of sp³-hybridized carbons (Fsp3) is 0.125. The average Bonchev–Trinajstić information content (AvgIpc) is 2.14. The third-order valence-corrected chi connectivity index (χ3v) is 2.69. The number of hydrogen-bond acceptors (Lipinski definition) is 5. The van der Waals surface area contributed by atoms with Crippen LogP contribution in [-0.2, 0) is 14.9 Å². The molecule has 0 heterocycles. The molecule has 0 atom stereocenters. The molecular weight excluding hydrogens is 260 g/mol. The van der Waals surface area contributed by atoms with E-state index in [2.05, 4.69) is 0 Å². The highest BCUT2D eigenvalue weighted by atomic mass is 35.5. The van der Waals surface area contributed by atoms with E-state index in [4.69, 9.17) is 20.9 Å². The second-order valence-electron chi connectivity index (χ2n) is 2.73. The van der Waals surface area contributed by atoms with Crippen molar-refractivity contribution in [1.29, 1.82) is 0 Å². The summed E-state index contributed by atoms with van der Waals surface area (Å²) in [6.07, 6.45) is 0. The van der Waals surface area contributed by atoms with E-state index in [-0.39, 0.29) is 10.8 Å². The second-order valence-corrected chi connectivity index (χ2v) is 4.56. The molecule has 0 aromatic heterocycles. The Labute approximate surface area is 96.2 Å². The van der Waals surface area contributed by atoms with Crippen molar-refractivity contribution >= 4 is 27.7 Å². The third-order valence-electron chi connectivity index (χ3n) is 1.55. The SMILES string of the molecule is O=C([O-])COc1ccc(S(=O)(=O)O)cc1Cl. The van der Waals surface area contributed by atoms with Crippen LogP contribution in [0.15, 0.2) is 23.1 Å². The predicted octanol–water partition coefficient (Wildman–Crippen LogP) is -0.285. The number of carboxylic acid groups (broad SMARTS) is 1. The highest BCUT2D eigenvalue weighted by Gasteiger charge is 2.12. The quantitative estimate of drug-likeness (QED) is 0.751. The smallest absolute Gasteiger partial charge is 0.294 e. The molecule has 0 radical (unpaired) electrons. The average molecular weight is 266 g/mol. The number of hydrogen-bond donors (Lipinski definition) is 1. The van der Waals surface area contributed by atoms with Crippen molar-refractivity contribution in [3.05, 3.63) is 23.2 Å². The van der Waals surface area contributed by atoms with Gasteiger partial charge in [-0.05, 0) is 18.2 Å². The molecule has 0 saturated heterocycles. The summed E-state index contributed by atoms with van der Waals surface area (Å²) in [7, 11) is -4.34. The molecule has 0 bridgehead atoms. The van der Waals surface area contributed by atoms with Crippen LogP contribution < -0.4 is 9.84 Å². The Morgan fingerprint density at radius 2 is 2.12 bits per heavy atom. The molecule has 0 fully saturated rings. The Morgan fingerprint density at radius 3 is 2.56 bits per heavy atom. The lowest BCUT2D eigenvalue weighted by Crippen LogP contribution is -2.29. The molecule has 1 N–H and O–H groups in total. The first-order valence-corrected chi connectivity index (χ1v) is 5.72. The van der Waals surface area contributed by atoms with Crippen molar-refractivity contribution in [1.82, 2.24) is 0 Å². The lowest BCUT2D eigenvalue weighted by Gasteiger charge is -2.08. The van der Waals surface area contributed by atoms with Gasteiger partial charge in [-0.2, -0.15) is 8.42 Å². The van der Waals surface area contributed by atoms with Gasteiger partial charge in [0.2, 0.25) is 0 Å². The molecule has 6 nitrogen and oxygen atoms in total. The third kappa shape index (κ3) is 3.37. The topological polar surface area (TPSA) is 104 Å². The van der Waals surface area contributed by atoms with Crippen LogP contribution in [0.5, 0.6) is 5.75 Å². The molecule has 0 aliphatic carbocycles. The first kappa shape index (κ1) is 12.8. The lowest BCUT2D eigenvalue weighted by atomic mass is 10.3. The zero-order valence-electron chi connectivity index (χ0n) is 7.71. The van der Waals surface area contributed by atoms with Gasteiger partial charge in [0, 0.05) is 0 Å². The lowest BCUT2D eigenvalue weighted by molar-refractivity contribution is -0.307. The zero-order valence-corrected chi connectivity index (χ0v) is 9.29. The number of benzene rings is 1. The van der Waals surface area contributed by atoms with Gasteiger partial charge in [0.15, 0.2) is 0 Å². The highest BCUT2D eigenvalue weighted by molar-refractivity contribution is 7.85. The molecule has 0 amide bonds. The van der Waals surface area contributed by atoms with Gasteiger partial charge in [-0.1, -0.05) is 11.6 Å². The van der Waals surface area contributed by atoms with Gasteiger partial charge in [-0.15, -0.1) is 0 Å². The van der Waals surface area contributed by atoms with Crippen LogP contribution in [0.25, 0.3) is 0 Å². The maximum atomic E-state index is 10.7. The van der Waals surface area contributed by atoms with Crippen LogP contribution in [0, 0.1) is 0 Å². The van der Waals surface area contributed by atoms with E-state index in [0.29, 0.717) is 0 Å². The Hall–Kier alpha value is -1.31. The molecule has 1 rings (SSSR count). The van der Waals surface area contributed by atoms with Crippen LogP contribution in [0.3, 0.4) is 0 Å². The molecule has 8 heteroatoms. The Balaban J connectivity index is 2.96. The van der Waals surface area contributed by atoms with Crippen molar-refractivity contribution in [2.45, 2.75) is 4.90 Å². The van der Waals surface area contributed by atoms with Gasteiger partial charge in [0.05, 0.1) is 15.9 Å². The minimum Gasteiger partial charge on any atom is -0.546 e. The normalized spacial score (nSPS) is 11.1. The molecule has 0 spiro atoms. The van der Waals surface area contributed by atoms with Crippen LogP contribution in [0.1, 0.15) is 0 Å². The number of rotatable bonds is 4. The van der Waals surface area contributed by atoms with Crippen LogP contribution in [0.4, 0.5) is 0 Å². The maximum Gasteiger partial charge on any atom is 0.294 e. The minimum absolute atomic E-state index is 0.0155. The van der Waals surface area contributed by atoms with E-state index in [1.807, 2.05) is 0 Å². The number of aliphatic carboxylic acids is 1. The standard InChI is InChI=1S/C8H7ClO6S/c9-6-3-5(16(12,13)14)1-2-7(6)15-4-8(10)11/h1-3H,4H2,(H,10,11)(H,12,13,14)/p-1. The second kappa shape index (κ2) is 4.69. The summed E-state index contributed by atoms with van der Waals surface area (Å²) in [5.41, 5.74) is 0. The summed E-state index contributed by atoms with van der Waals surface area (Å²) in [6, 6.07) is 3.11. The molecule has 0 saturated carbocycles. The van der Waals surface area contributed by atoms with Crippen LogP contribution in [0.2, 0.25) is 5.02 Å². The van der Waals surface area contributed by atoms with E-state index in [0.717, 1.165) is 18.2 Å². The Bertz CT molecular complexity index is 509. The first-order valence-electron chi connectivity index (χ1n) is 3.90. The Kier molecular flexibility index (Phi) is 3.74. The summed E-state index contributed by atoms with van der Waals surface area (Å²) < 4.78 is 34.8. The molecule has 0 unspecified atom stereocenters. The number of carbonyl (C=O) groups is 1. The number of ether oxygens (including phenoxy) is 1. The highest BCUT2D eigenvalue weighted by Crippen LogP contribution is 2.27. The van der Waals surface area contributed by atoms with Gasteiger partial charge >= 0.3 is 0 Å². The summed E-state index contributed by atoms with van der Waals surface area (Å²) in [5.74, 6) is -1.45. The van der Waals surface area contributed by atoms with Gasteiger partial charge in [0.25, 0.3) is 10.1 Å². The molecule has 1 aromatic carbocycles. The van der Waals surface area contributed by atoms with Gasteiger partial charge in [-0.25, -0.2) is 0 Å². The van der Waals surface area contributed by atoms with Gasteiger partial charge in [0.1, 0.15) is 12.4 Å². The largest absolute Gasteiger partial charge is 0.546 e. The summed E-state index contributed by atoms with van der Waals surface area (Å²) in [6.45, 7) is -0.703. The molecule has 1 aromatic rings. The van der Waals surface area contributed by atoms with Crippen LogP contribution >= 0.6 is 11.6 Å². The van der Waals surface area contributed by atoms with Crippen molar-refractivity contribution in [3.8, 4) is 5.75 Å². The van der Waals surface area contributed by atoms with Crippen LogP contribution in [-0.4, -0.2) is 25.5 Å². The monoisotopic (exact) mass is 265 g/mol. The van der Waals surface area contributed by atoms with E-state index < -0.39 is 27.6 Å². The number of carboxylic acids is 1. The zero-order chi connectivity index (χ0) is 12.3. The molecule has 88 valence electrons. The Morgan fingerprint density at radius 1 is 1.50 bits per heavy atom. The van der Waals surface area contributed by atoms with E-state index in [1.54, 1.807) is 0 Å². The molecule has 16 heavy (non-hydrogen) atoms. The molecule has 0 aliphatic heterocycles. The summed E-state index contributed by atoms with van der Waals surface area (Å²) >= 11 is 5.61. The molecule has 0 aliphatic rings. The summed E-state index contributed by atoms with van der Waals surface area (Å²) in [5, 5.41) is 9.97. The van der Waals surface area contributed by atoms with Crippen molar-refractivity contribution in [3.63, 3.8) is 0 Å². The fourth-order valence-electron chi connectivity index (χ4n) is 0.896.